The molecular formula is C22H20N4O5. The molecule has 9 nitrogen and oxygen atoms in total. The molecule has 1 fully saturated rings. The van der Waals surface area contributed by atoms with Crippen LogP contribution in [-0.4, -0.2) is 26.5 Å². The maximum absolute atomic E-state index is 12.4. The smallest absolute Gasteiger partial charge is 0.270 e. The summed E-state index contributed by atoms with van der Waals surface area (Å²) in [5.74, 6) is -0.335. The summed E-state index contributed by atoms with van der Waals surface area (Å²) in [6.45, 7) is 1.43. The van der Waals surface area contributed by atoms with E-state index in [9.17, 15) is 25.0 Å². The summed E-state index contributed by atoms with van der Waals surface area (Å²) in [4.78, 5) is 33.8. The Balaban J connectivity index is 1.74. The minimum atomic E-state index is -0.452. The van der Waals surface area contributed by atoms with Gasteiger partial charge >= 0.3 is 0 Å². The van der Waals surface area contributed by atoms with Gasteiger partial charge in [0.25, 0.3) is 11.4 Å². The number of nitro benzene ring substituents is 2. The number of non-ortho nitro benzene ring substituents is 2. The topological polar surface area (TPSA) is 119 Å². The minimum Gasteiger partial charge on any atom is -0.273 e. The lowest BCUT2D eigenvalue weighted by Crippen LogP contribution is -2.30. The number of hydrogen-bond donors (Lipinski definition) is 0. The van der Waals surface area contributed by atoms with Crippen molar-refractivity contribution in [3.05, 3.63) is 85.5 Å². The number of nitro groups is 2. The molecule has 4 rings (SSSR count). The van der Waals surface area contributed by atoms with E-state index in [-0.39, 0.29) is 23.2 Å². The first-order chi connectivity index (χ1) is 14.8. The molecule has 0 aromatic heterocycles. The fourth-order valence-electron chi connectivity index (χ4n) is 4.35. The summed E-state index contributed by atoms with van der Waals surface area (Å²) >= 11 is 0. The molecule has 2 atom stereocenters. The Hall–Kier alpha value is -3.88. The predicted molar refractivity (Wildman–Crippen MR) is 114 cm³/mol. The van der Waals surface area contributed by atoms with E-state index in [0.717, 1.165) is 30.5 Å². The zero-order chi connectivity index (χ0) is 22.1. The van der Waals surface area contributed by atoms with E-state index in [2.05, 4.69) is 5.10 Å². The van der Waals surface area contributed by atoms with Crippen LogP contribution < -0.4 is 0 Å². The van der Waals surface area contributed by atoms with Gasteiger partial charge in [0.1, 0.15) is 0 Å². The Morgan fingerprint density at radius 3 is 2.45 bits per heavy atom. The van der Waals surface area contributed by atoms with Gasteiger partial charge in [-0.15, -0.1) is 0 Å². The van der Waals surface area contributed by atoms with Crippen LogP contribution in [0.5, 0.6) is 0 Å². The van der Waals surface area contributed by atoms with Crippen molar-refractivity contribution in [1.29, 1.82) is 0 Å². The Morgan fingerprint density at radius 2 is 1.77 bits per heavy atom. The Labute approximate surface area is 178 Å². The summed E-state index contributed by atoms with van der Waals surface area (Å²) in [6.07, 6.45) is 4.28. The molecule has 2 aliphatic rings. The second kappa shape index (κ2) is 8.10. The van der Waals surface area contributed by atoms with Crippen molar-refractivity contribution in [1.82, 2.24) is 5.01 Å². The Kier molecular flexibility index (Phi) is 5.33. The van der Waals surface area contributed by atoms with Crippen molar-refractivity contribution in [2.24, 2.45) is 11.0 Å². The van der Waals surface area contributed by atoms with Gasteiger partial charge in [0.2, 0.25) is 5.91 Å². The highest BCUT2D eigenvalue weighted by molar-refractivity contribution is 6.08. The third-order valence-electron chi connectivity index (χ3n) is 5.67. The highest BCUT2D eigenvalue weighted by Crippen LogP contribution is 2.44. The zero-order valence-corrected chi connectivity index (χ0v) is 16.8. The van der Waals surface area contributed by atoms with Crippen molar-refractivity contribution < 1.29 is 14.6 Å². The predicted octanol–water partition coefficient (Wildman–Crippen LogP) is 4.65. The number of hydrogen-bond acceptors (Lipinski definition) is 6. The molecule has 0 bridgehead atoms. The van der Waals surface area contributed by atoms with Crippen LogP contribution in [0.1, 0.15) is 43.4 Å². The van der Waals surface area contributed by atoms with Gasteiger partial charge in [-0.1, -0.05) is 24.3 Å². The molecule has 31 heavy (non-hydrogen) atoms. The SMILES string of the molecule is CC(=O)N1N=C2/C(=C/c3cccc([N+](=O)[O-])c3)CCC[C@@H]2[C@@H]1c1cccc([N+](=O)[O-])c1. The molecule has 0 N–H and O–H groups in total. The van der Waals surface area contributed by atoms with Crippen molar-refractivity contribution in [3.8, 4) is 0 Å². The molecular weight excluding hydrogens is 400 g/mol. The minimum absolute atomic E-state index is 0.00917. The number of carbonyl (C=O) groups is 1. The van der Waals surface area contributed by atoms with E-state index >= 15 is 0 Å². The van der Waals surface area contributed by atoms with Gasteiger partial charge in [-0.2, -0.15) is 5.10 Å². The van der Waals surface area contributed by atoms with E-state index < -0.39 is 15.9 Å². The lowest BCUT2D eigenvalue weighted by molar-refractivity contribution is -0.385. The first kappa shape index (κ1) is 20.4. The highest BCUT2D eigenvalue weighted by Gasteiger charge is 2.43. The van der Waals surface area contributed by atoms with Gasteiger partial charge in [-0.05, 0) is 42.0 Å². The first-order valence-corrected chi connectivity index (χ1v) is 9.93. The molecule has 2 aromatic carbocycles. The molecule has 0 unspecified atom stereocenters. The summed E-state index contributed by atoms with van der Waals surface area (Å²) in [5.41, 5.74) is 3.04. The van der Waals surface area contributed by atoms with Gasteiger partial charge in [0, 0.05) is 37.1 Å². The third kappa shape index (κ3) is 3.94. The number of carbonyl (C=O) groups excluding carboxylic acids is 1. The summed E-state index contributed by atoms with van der Waals surface area (Å²) in [7, 11) is 0. The first-order valence-electron chi connectivity index (χ1n) is 9.93. The second-order valence-corrected chi connectivity index (χ2v) is 7.67. The molecule has 158 valence electrons. The van der Waals surface area contributed by atoms with E-state index in [1.165, 1.54) is 36.2 Å². The number of fused-ring (bicyclic) bond motifs is 1. The van der Waals surface area contributed by atoms with E-state index in [0.29, 0.717) is 11.1 Å². The molecule has 1 aliphatic carbocycles. The van der Waals surface area contributed by atoms with Gasteiger partial charge in [-0.25, -0.2) is 5.01 Å². The maximum atomic E-state index is 12.4. The van der Waals surface area contributed by atoms with Crippen LogP contribution in [0.3, 0.4) is 0 Å². The Morgan fingerprint density at radius 1 is 1.10 bits per heavy atom. The van der Waals surface area contributed by atoms with E-state index in [1.807, 2.05) is 6.08 Å². The number of amides is 1. The average Bonchev–Trinajstić information content (AvgIpc) is 3.15. The average molecular weight is 420 g/mol. The summed E-state index contributed by atoms with van der Waals surface area (Å²) in [6, 6.07) is 12.3. The highest BCUT2D eigenvalue weighted by atomic mass is 16.6. The van der Waals surface area contributed by atoms with Crippen LogP contribution in [0.4, 0.5) is 11.4 Å². The van der Waals surface area contributed by atoms with Crippen LogP contribution >= 0.6 is 0 Å². The van der Waals surface area contributed by atoms with E-state index in [1.54, 1.807) is 24.3 Å². The number of rotatable bonds is 4. The zero-order valence-electron chi connectivity index (χ0n) is 16.8. The van der Waals surface area contributed by atoms with Gasteiger partial charge < -0.3 is 0 Å². The maximum Gasteiger partial charge on any atom is 0.270 e. The molecule has 1 saturated carbocycles. The normalized spacial score (nSPS) is 21.5. The molecule has 1 amide bonds. The molecule has 9 heteroatoms. The van der Waals surface area contributed by atoms with Crippen LogP contribution in [0.2, 0.25) is 0 Å². The largest absolute Gasteiger partial charge is 0.273 e. The summed E-state index contributed by atoms with van der Waals surface area (Å²) < 4.78 is 0. The Bertz CT molecular complexity index is 1140. The lowest BCUT2D eigenvalue weighted by Gasteiger charge is -2.29. The molecule has 2 aromatic rings. The quantitative estimate of drug-likeness (QED) is 0.527. The van der Waals surface area contributed by atoms with Crippen molar-refractivity contribution >= 4 is 29.1 Å². The van der Waals surface area contributed by atoms with Crippen LogP contribution in [0.15, 0.2) is 59.2 Å². The van der Waals surface area contributed by atoms with Crippen molar-refractivity contribution in [3.63, 3.8) is 0 Å². The monoisotopic (exact) mass is 420 g/mol. The van der Waals surface area contributed by atoms with Gasteiger partial charge in [-0.3, -0.25) is 25.0 Å². The number of benzene rings is 2. The van der Waals surface area contributed by atoms with Gasteiger partial charge in [0.05, 0.1) is 21.6 Å². The molecule has 0 radical (unpaired) electrons. The molecule has 0 saturated heterocycles. The van der Waals surface area contributed by atoms with Crippen LogP contribution in [0, 0.1) is 26.1 Å². The fraction of sp³-hybridized carbons (Fsp3) is 0.273. The van der Waals surface area contributed by atoms with Crippen molar-refractivity contribution in [2.45, 2.75) is 32.2 Å². The second-order valence-electron chi connectivity index (χ2n) is 7.67. The standard InChI is InChI=1S/C22H20N4O5/c1-14(27)24-22(17-7-3-9-19(13-17)26(30)31)20-10-4-6-16(21(20)23-24)11-15-5-2-8-18(12-15)25(28)29/h2-3,5,7-9,11-13,20,22H,4,6,10H2,1H3/b16-11+/t20-,22-/m0/s1. The molecule has 1 aliphatic heterocycles. The third-order valence-corrected chi connectivity index (χ3v) is 5.67. The number of allylic oxidation sites excluding steroid dienone is 1. The summed E-state index contributed by atoms with van der Waals surface area (Å²) in [5, 5.41) is 28.3. The lowest BCUT2D eigenvalue weighted by atomic mass is 9.77. The van der Waals surface area contributed by atoms with Crippen LogP contribution in [-0.2, 0) is 4.79 Å². The molecule has 0 spiro atoms. The molecule has 1 heterocycles. The number of hydrazone groups is 1. The van der Waals surface area contributed by atoms with Crippen LogP contribution in [0.25, 0.3) is 6.08 Å². The number of nitrogens with zero attached hydrogens (tertiary/aromatic N) is 4. The fourth-order valence-corrected chi connectivity index (χ4v) is 4.35. The van der Waals surface area contributed by atoms with E-state index in [4.69, 9.17) is 0 Å². The van der Waals surface area contributed by atoms with Gasteiger partial charge in [0.15, 0.2) is 0 Å². The van der Waals surface area contributed by atoms with Crippen molar-refractivity contribution in [2.75, 3.05) is 0 Å².